The first-order chi connectivity index (χ1) is 14.3. The fourth-order valence-corrected chi connectivity index (χ4v) is 5.55. The monoisotopic (exact) mass is 496 g/mol. The Morgan fingerprint density at radius 3 is 2.87 bits per heavy atom. The van der Waals surface area contributed by atoms with Gasteiger partial charge in [0, 0.05) is 14.2 Å². The van der Waals surface area contributed by atoms with Crippen LogP contribution in [0.2, 0.25) is 6.32 Å². The lowest BCUT2D eigenvalue weighted by Gasteiger charge is -2.21. The molecule has 2 radical (unpaired) electrons. The second-order valence-corrected chi connectivity index (χ2v) is 9.96. The quantitative estimate of drug-likeness (QED) is 0.232. The first kappa shape index (κ1) is 25.3. The predicted molar refractivity (Wildman–Crippen MR) is 124 cm³/mol. The molecular formula is C22H30BBrO5S. The molecule has 1 aromatic rings. The van der Waals surface area contributed by atoms with Gasteiger partial charge >= 0.3 is 5.97 Å². The average molecular weight is 497 g/mol. The number of hydrogen-bond donors (Lipinski definition) is 3. The van der Waals surface area contributed by atoms with E-state index in [-0.39, 0.29) is 31.0 Å². The predicted octanol–water partition coefficient (Wildman–Crippen LogP) is 3.92. The minimum Gasteiger partial charge on any atom is -0.480 e. The third kappa shape index (κ3) is 7.96. The first-order valence-electron chi connectivity index (χ1n) is 10.3. The van der Waals surface area contributed by atoms with Gasteiger partial charge in [-0.3, -0.25) is 0 Å². The number of ether oxygens (including phenoxy) is 1. The van der Waals surface area contributed by atoms with E-state index in [2.05, 4.69) is 28.9 Å². The van der Waals surface area contributed by atoms with Crippen molar-refractivity contribution in [2.75, 3.05) is 13.2 Å². The topological polar surface area (TPSA) is 87.0 Å². The average Bonchev–Trinajstić information content (AvgIpc) is 3.19. The molecule has 1 unspecified atom stereocenters. The zero-order chi connectivity index (χ0) is 22.1. The van der Waals surface area contributed by atoms with E-state index in [9.17, 15) is 15.0 Å². The van der Waals surface area contributed by atoms with Crippen LogP contribution < -0.4 is 0 Å². The van der Waals surface area contributed by atoms with Crippen molar-refractivity contribution in [1.82, 2.24) is 0 Å². The highest BCUT2D eigenvalue weighted by Crippen LogP contribution is 2.42. The second-order valence-electron chi connectivity index (χ2n) is 7.76. The summed E-state index contributed by atoms with van der Waals surface area (Å²) in [6.45, 7) is 1.98. The van der Waals surface area contributed by atoms with Crippen molar-refractivity contribution in [3.8, 4) is 0 Å². The Morgan fingerprint density at radius 1 is 1.47 bits per heavy atom. The lowest BCUT2D eigenvalue weighted by Crippen LogP contribution is -2.19. The highest BCUT2D eigenvalue weighted by atomic mass is 79.9. The SMILES string of the molecule is [B]C[C@@H]1CC(O)[C@H](C/C=C\COCC(=O)O)[C@H]1/C=C/[C@@H](O)CCc1cc(Br)c(C)s1. The summed E-state index contributed by atoms with van der Waals surface area (Å²) in [6, 6.07) is 2.11. The maximum atomic E-state index is 10.5. The van der Waals surface area contributed by atoms with Crippen LogP contribution in [-0.4, -0.2) is 54.6 Å². The molecule has 0 saturated heterocycles. The number of aliphatic carboxylic acids is 1. The molecule has 5 atom stereocenters. The van der Waals surface area contributed by atoms with Crippen molar-refractivity contribution in [2.45, 2.75) is 51.1 Å². The largest absolute Gasteiger partial charge is 0.480 e. The van der Waals surface area contributed by atoms with Gasteiger partial charge in [-0.2, -0.15) is 0 Å². The molecule has 1 fully saturated rings. The molecule has 0 aromatic carbocycles. The van der Waals surface area contributed by atoms with Gasteiger partial charge in [-0.25, -0.2) is 4.79 Å². The molecule has 5 nitrogen and oxygen atoms in total. The number of carbonyl (C=O) groups is 1. The van der Waals surface area contributed by atoms with Gasteiger partial charge in [-0.15, -0.1) is 11.3 Å². The lowest BCUT2D eigenvalue weighted by molar-refractivity contribution is -0.141. The van der Waals surface area contributed by atoms with Crippen molar-refractivity contribution in [2.24, 2.45) is 17.8 Å². The third-order valence-corrected chi connectivity index (χ3v) is 7.74. The van der Waals surface area contributed by atoms with E-state index >= 15 is 0 Å². The molecule has 164 valence electrons. The van der Waals surface area contributed by atoms with Crippen LogP contribution in [0.3, 0.4) is 0 Å². The summed E-state index contributed by atoms with van der Waals surface area (Å²) < 4.78 is 6.10. The number of hydrogen-bond acceptors (Lipinski definition) is 5. The van der Waals surface area contributed by atoms with Crippen LogP contribution in [0.4, 0.5) is 0 Å². The standard InChI is InChI=1S/C22H30BBrO5S/c1-14-20(24)11-17(30-14)7-5-16(25)6-8-18-15(12-23)10-21(26)19(18)4-2-3-9-29-13-22(27)28/h2-3,6,8,11,15-16,18-19,21,25-26H,4-5,7,9-10,12-13H2,1H3,(H,27,28)/b3-2-,8-6+/t15-,16-,18-,19+,21?/m0/s1. The smallest absolute Gasteiger partial charge is 0.329 e. The Hall–Kier alpha value is -0.925. The molecule has 30 heavy (non-hydrogen) atoms. The van der Waals surface area contributed by atoms with Crippen molar-refractivity contribution < 1.29 is 24.9 Å². The molecule has 1 aromatic heterocycles. The molecule has 3 N–H and O–H groups in total. The van der Waals surface area contributed by atoms with Crippen molar-refractivity contribution in [3.05, 3.63) is 44.6 Å². The number of carboxylic acid groups (broad SMARTS) is 1. The molecule has 8 heteroatoms. The summed E-state index contributed by atoms with van der Waals surface area (Å²) in [6.07, 6.45) is 9.85. The zero-order valence-corrected chi connectivity index (χ0v) is 19.6. The number of carboxylic acids is 1. The summed E-state index contributed by atoms with van der Waals surface area (Å²) in [5, 5.41) is 29.5. The van der Waals surface area contributed by atoms with Crippen molar-refractivity contribution >= 4 is 41.1 Å². The molecule has 1 saturated carbocycles. The van der Waals surface area contributed by atoms with Crippen LogP contribution >= 0.6 is 27.3 Å². The van der Waals surface area contributed by atoms with Crippen LogP contribution in [0.15, 0.2) is 34.8 Å². The number of rotatable bonds is 12. The lowest BCUT2D eigenvalue weighted by atomic mass is 9.80. The molecule has 0 amide bonds. The Morgan fingerprint density at radius 2 is 2.23 bits per heavy atom. The Bertz CT molecular complexity index is 716. The van der Waals surface area contributed by atoms with Crippen LogP contribution in [-0.2, 0) is 16.0 Å². The van der Waals surface area contributed by atoms with Gasteiger partial charge in [0.2, 0.25) is 0 Å². The van der Waals surface area contributed by atoms with Gasteiger partial charge in [-0.05, 0) is 72.4 Å². The van der Waals surface area contributed by atoms with E-state index in [1.807, 2.05) is 18.2 Å². The van der Waals surface area contributed by atoms with Gasteiger partial charge in [0.25, 0.3) is 0 Å². The van der Waals surface area contributed by atoms with Crippen molar-refractivity contribution in [3.63, 3.8) is 0 Å². The highest BCUT2D eigenvalue weighted by molar-refractivity contribution is 9.10. The minimum atomic E-state index is -0.994. The maximum absolute atomic E-state index is 10.5. The van der Waals surface area contributed by atoms with E-state index in [0.717, 1.165) is 10.9 Å². The van der Waals surface area contributed by atoms with E-state index < -0.39 is 18.2 Å². The molecule has 0 aliphatic heterocycles. The Kier molecular flexibility index (Phi) is 10.8. The molecular weight excluding hydrogens is 467 g/mol. The minimum absolute atomic E-state index is 0.0219. The molecule has 2 rings (SSSR count). The summed E-state index contributed by atoms with van der Waals surface area (Å²) in [4.78, 5) is 12.9. The fraction of sp³-hybridized carbons (Fsp3) is 0.591. The summed E-state index contributed by atoms with van der Waals surface area (Å²) in [5.41, 5.74) is 0. The molecule has 1 aliphatic carbocycles. The molecule has 1 heterocycles. The van der Waals surface area contributed by atoms with E-state index in [1.54, 1.807) is 17.4 Å². The fourth-order valence-electron chi connectivity index (χ4n) is 3.94. The van der Waals surface area contributed by atoms with E-state index in [0.29, 0.717) is 25.6 Å². The molecule has 1 aliphatic rings. The molecule has 0 spiro atoms. The maximum Gasteiger partial charge on any atom is 0.329 e. The van der Waals surface area contributed by atoms with Gasteiger partial charge in [0.05, 0.1) is 26.7 Å². The normalized spacial score (nSPS) is 25.5. The van der Waals surface area contributed by atoms with Crippen LogP contribution in [0.1, 0.15) is 29.0 Å². The zero-order valence-electron chi connectivity index (χ0n) is 17.2. The number of aryl methyl sites for hydroxylation is 2. The number of allylic oxidation sites excluding steroid dienone is 2. The van der Waals surface area contributed by atoms with Gasteiger partial charge < -0.3 is 20.1 Å². The van der Waals surface area contributed by atoms with Crippen LogP contribution in [0, 0.1) is 24.7 Å². The molecule has 0 bridgehead atoms. The van der Waals surface area contributed by atoms with E-state index in [1.165, 1.54) is 9.75 Å². The number of thiophene rings is 1. The number of aliphatic hydroxyl groups is 2. The number of halogens is 1. The summed E-state index contributed by atoms with van der Waals surface area (Å²) >= 11 is 5.26. The van der Waals surface area contributed by atoms with Crippen molar-refractivity contribution in [1.29, 1.82) is 0 Å². The third-order valence-electron chi connectivity index (χ3n) is 5.54. The Balaban J connectivity index is 1.88. The van der Waals surface area contributed by atoms with Gasteiger partial charge in [0.1, 0.15) is 6.61 Å². The number of aliphatic hydroxyl groups excluding tert-OH is 2. The van der Waals surface area contributed by atoms with Gasteiger partial charge in [-0.1, -0.05) is 30.6 Å². The Labute approximate surface area is 192 Å². The van der Waals surface area contributed by atoms with Crippen LogP contribution in [0.5, 0.6) is 0 Å². The first-order valence-corrected chi connectivity index (χ1v) is 11.9. The van der Waals surface area contributed by atoms with Gasteiger partial charge in [0.15, 0.2) is 0 Å². The van der Waals surface area contributed by atoms with E-state index in [4.69, 9.17) is 17.7 Å². The summed E-state index contributed by atoms with van der Waals surface area (Å²) in [7, 11) is 5.92. The second kappa shape index (κ2) is 12.8. The highest BCUT2D eigenvalue weighted by Gasteiger charge is 2.39. The van der Waals surface area contributed by atoms with Crippen LogP contribution in [0.25, 0.3) is 0 Å². The summed E-state index contributed by atoms with van der Waals surface area (Å²) in [5.74, 6) is -0.692.